The van der Waals surface area contributed by atoms with E-state index in [-0.39, 0.29) is 12.1 Å². The highest BCUT2D eigenvalue weighted by molar-refractivity contribution is 5.74. The van der Waals surface area contributed by atoms with Crippen LogP contribution < -0.4 is 4.90 Å². The molecule has 1 aliphatic heterocycles. The molecule has 0 saturated carbocycles. The highest BCUT2D eigenvalue weighted by Crippen LogP contribution is 2.14. The van der Waals surface area contributed by atoms with Crippen LogP contribution in [-0.2, 0) is 0 Å². The van der Waals surface area contributed by atoms with Crippen molar-refractivity contribution >= 4 is 11.8 Å². The Kier molecular flexibility index (Phi) is 4.42. The van der Waals surface area contributed by atoms with Crippen LogP contribution in [0.15, 0.2) is 12.3 Å². The topological polar surface area (TPSA) is 52.6 Å². The Hall–Kier alpha value is -1.85. The summed E-state index contributed by atoms with van der Waals surface area (Å²) in [5, 5.41) is 0. The SMILES string of the molecule is Cc1nccc(N2CCN(C(=O)N(C)C(C)C)CC2)n1. The van der Waals surface area contributed by atoms with Gasteiger partial charge in [0.25, 0.3) is 0 Å². The van der Waals surface area contributed by atoms with Crippen LogP contribution in [0.4, 0.5) is 10.6 Å². The number of piperazine rings is 1. The molecule has 110 valence electrons. The molecule has 0 unspecified atom stereocenters. The van der Waals surface area contributed by atoms with Crippen molar-refractivity contribution in [2.45, 2.75) is 26.8 Å². The fraction of sp³-hybridized carbons (Fsp3) is 0.643. The molecule has 0 aliphatic carbocycles. The number of anilines is 1. The highest BCUT2D eigenvalue weighted by Gasteiger charge is 2.25. The molecule has 0 radical (unpaired) electrons. The summed E-state index contributed by atoms with van der Waals surface area (Å²) in [6, 6.07) is 2.26. The third kappa shape index (κ3) is 3.18. The zero-order chi connectivity index (χ0) is 14.7. The van der Waals surface area contributed by atoms with Gasteiger partial charge >= 0.3 is 6.03 Å². The summed E-state index contributed by atoms with van der Waals surface area (Å²) in [6.07, 6.45) is 1.78. The average Bonchev–Trinajstić information content (AvgIpc) is 2.46. The molecular formula is C14H23N5O. The maximum Gasteiger partial charge on any atom is 0.320 e. The van der Waals surface area contributed by atoms with Crippen LogP contribution in [-0.4, -0.2) is 65.1 Å². The molecule has 6 heteroatoms. The fourth-order valence-electron chi connectivity index (χ4n) is 2.19. The molecule has 1 fully saturated rings. The molecular weight excluding hydrogens is 254 g/mol. The van der Waals surface area contributed by atoms with Gasteiger partial charge in [0.05, 0.1) is 0 Å². The third-order valence-electron chi connectivity index (χ3n) is 3.71. The van der Waals surface area contributed by atoms with Gasteiger partial charge in [-0.05, 0) is 26.8 Å². The Morgan fingerprint density at radius 1 is 1.30 bits per heavy atom. The third-order valence-corrected chi connectivity index (χ3v) is 3.71. The number of aromatic nitrogens is 2. The van der Waals surface area contributed by atoms with Crippen LogP contribution in [0.2, 0.25) is 0 Å². The van der Waals surface area contributed by atoms with E-state index < -0.39 is 0 Å². The van der Waals surface area contributed by atoms with Gasteiger partial charge in [-0.25, -0.2) is 14.8 Å². The minimum atomic E-state index is 0.110. The second-order valence-electron chi connectivity index (χ2n) is 5.42. The van der Waals surface area contributed by atoms with Crippen LogP contribution in [0.3, 0.4) is 0 Å². The molecule has 1 aromatic heterocycles. The number of amides is 2. The molecule has 1 aromatic rings. The molecule has 0 atom stereocenters. The molecule has 1 saturated heterocycles. The number of urea groups is 1. The van der Waals surface area contributed by atoms with E-state index in [9.17, 15) is 4.79 Å². The second-order valence-corrected chi connectivity index (χ2v) is 5.42. The van der Waals surface area contributed by atoms with Crippen molar-refractivity contribution in [1.82, 2.24) is 19.8 Å². The van der Waals surface area contributed by atoms with Crippen molar-refractivity contribution in [1.29, 1.82) is 0 Å². The quantitative estimate of drug-likeness (QED) is 0.819. The molecule has 6 nitrogen and oxygen atoms in total. The molecule has 0 bridgehead atoms. The first-order chi connectivity index (χ1) is 9.49. The number of hydrogen-bond donors (Lipinski definition) is 0. The van der Waals surface area contributed by atoms with E-state index in [1.807, 2.05) is 38.8 Å². The van der Waals surface area contributed by atoms with E-state index in [4.69, 9.17) is 0 Å². The van der Waals surface area contributed by atoms with Gasteiger partial charge in [0.2, 0.25) is 0 Å². The lowest BCUT2D eigenvalue weighted by Crippen LogP contribution is -2.53. The Labute approximate surface area is 120 Å². The minimum absolute atomic E-state index is 0.110. The van der Waals surface area contributed by atoms with Crippen molar-refractivity contribution in [3.05, 3.63) is 18.1 Å². The van der Waals surface area contributed by atoms with Crippen LogP contribution in [0.1, 0.15) is 19.7 Å². The average molecular weight is 277 g/mol. The normalized spacial score (nSPS) is 15.7. The number of nitrogens with zero attached hydrogens (tertiary/aromatic N) is 5. The Morgan fingerprint density at radius 3 is 2.50 bits per heavy atom. The summed E-state index contributed by atoms with van der Waals surface area (Å²) in [4.78, 5) is 26.7. The van der Waals surface area contributed by atoms with Gasteiger partial charge in [0.15, 0.2) is 0 Å². The number of carbonyl (C=O) groups excluding carboxylic acids is 1. The van der Waals surface area contributed by atoms with Crippen molar-refractivity contribution in [3.63, 3.8) is 0 Å². The van der Waals surface area contributed by atoms with E-state index in [2.05, 4.69) is 14.9 Å². The Morgan fingerprint density at radius 2 is 1.95 bits per heavy atom. The summed E-state index contributed by atoms with van der Waals surface area (Å²) in [5.74, 6) is 1.72. The first kappa shape index (κ1) is 14.6. The van der Waals surface area contributed by atoms with Gasteiger partial charge in [-0.1, -0.05) is 0 Å². The van der Waals surface area contributed by atoms with E-state index in [0.29, 0.717) is 0 Å². The van der Waals surface area contributed by atoms with Gasteiger partial charge in [-0.3, -0.25) is 0 Å². The largest absolute Gasteiger partial charge is 0.353 e. The molecule has 2 rings (SSSR count). The second kappa shape index (κ2) is 6.07. The van der Waals surface area contributed by atoms with E-state index >= 15 is 0 Å². The van der Waals surface area contributed by atoms with Crippen molar-refractivity contribution in [2.24, 2.45) is 0 Å². The summed E-state index contributed by atoms with van der Waals surface area (Å²) >= 11 is 0. The zero-order valence-electron chi connectivity index (χ0n) is 12.7. The van der Waals surface area contributed by atoms with Crippen LogP contribution in [0, 0.1) is 6.92 Å². The summed E-state index contributed by atoms with van der Waals surface area (Å²) < 4.78 is 0. The molecule has 0 N–H and O–H groups in total. The number of carbonyl (C=O) groups is 1. The first-order valence-corrected chi connectivity index (χ1v) is 7.05. The van der Waals surface area contributed by atoms with Crippen LogP contribution in [0.5, 0.6) is 0 Å². The maximum atomic E-state index is 12.2. The van der Waals surface area contributed by atoms with Gasteiger partial charge in [-0.15, -0.1) is 0 Å². The number of hydrogen-bond acceptors (Lipinski definition) is 4. The molecule has 0 aromatic carbocycles. The summed E-state index contributed by atoms with van der Waals surface area (Å²) in [5.41, 5.74) is 0. The standard InChI is InChI=1S/C14H23N5O/c1-11(2)17(4)14(20)19-9-7-18(8-10-19)13-5-6-15-12(3)16-13/h5-6,11H,7-10H2,1-4H3. The van der Waals surface area contributed by atoms with Crippen molar-refractivity contribution < 1.29 is 4.79 Å². The predicted octanol–water partition coefficient (Wildman–Crippen LogP) is 1.37. The lowest BCUT2D eigenvalue weighted by molar-refractivity contribution is 0.149. The van der Waals surface area contributed by atoms with Crippen molar-refractivity contribution in [3.8, 4) is 0 Å². The summed E-state index contributed by atoms with van der Waals surface area (Å²) in [7, 11) is 1.85. The number of rotatable bonds is 2. The van der Waals surface area contributed by atoms with E-state index in [1.54, 1.807) is 11.1 Å². The van der Waals surface area contributed by atoms with Crippen LogP contribution >= 0.6 is 0 Å². The highest BCUT2D eigenvalue weighted by atomic mass is 16.2. The van der Waals surface area contributed by atoms with Crippen LogP contribution in [0.25, 0.3) is 0 Å². The van der Waals surface area contributed by atoms with Gasteiger partial charge in [0.1, 0.15) is 11.6 Å². The zero-order valence-corrected chi connectivity index (χ0v) is 12.7. The Bertz CT molecular complexity index is 468. The number of aryl methyl sites for hydroxylation is 1. The first-order valence-electron chi connectivity index (χ1n) is 7.05. The van der Waals surface area contributed by atoms with E-state index in [1.165, 1.54) is 0 Å². The lowest BCUT2D eigenvalue weighted by Gasteiger charge is -2.38. The molecule has 1 aliphatic rings. The van der Waals surface area contributed by atoms with Crippen molar-refractivity contribution in [2.75, 3.05) is 38.1 Å². The van der Waals surface area contributed by atoms with Gasteiger partial charge < -0.3 is 14.7 Å². The molecule has 2 amide bonds. The summed E-state index contributed by atoms with van der Waals surface area (Å²) in [6.45, 7) is 9.04. The van der Waals surface area contributed by atoms with Gasteiger partial charge in [-0.2, -0.15) is 0 Å². The molecule has 2 heterocycles. The molecule has 20 heavy (non-hydrogen) atoms. The van der Waals surface area contributed by atoms with Gasteiger partial charge in [0, 0.05) is 45.5 Å². The minimum Gasteiger partial charge on any atom is -0.353 e. The fourth-order valence-corrected chi connectivity index (χ4v) is 2.19. The maximum absolute atomic E-state index is 12.2. The van der Waals surface area contributed by atoms with E-state index in [0.717, 1.165) is 37.8 Å². The molecule has 0 spiro atoms. The smallest absolute Gasteiger partial charge is 0.320 e. The predicted molar refractivity (Wildman–Crippen MR) is 78.9 cm³/mol. The monoisotopic (exact) mass is 277 g/mol. The Balaban J connectivity index is 1.94. The lowest BCUT2D eigenvalue weighted by atomic mass is 10.3.